The lowest BCUT2D eigenvalue weighted by molar-refractivity contribution is -0.144. The first-order valence-electron chi connectivity index (χ1n) is 28.0. The van der Waals surface area contributed by atoms with Crippen LogP contribution in [0.25, 0.3) is 44.3 Å². The van der Waals surface area contributed by atoms with Crippen LogP contribution in [0, 0.1) is 0 Å². The number of benzene rings is 4. The third-order valence-corrected chi connectivity index (χ3v) is 15.2. The Morgan fingerprint density at radius 3 is 2.04 bits per heavy atom. The summed E-state index contributed by atoms with van der Waals surface area (Å²) in [4.78, 5) is 103. The number of amides is 6. The molecule has 3 aliphatic heterocycles. The number of nitrogens with two attached hydrogens (primary N) is 1. The molecule has 78 heavy (non-hydrogen) atoms. The molecule has 6 aromatic rings. The van der Waals surface area contributed by atoms with Crippen LogP contribution in [-0.2, 0) is 28.8 Å². The third-order valence-electron chi connectivity index (χ3n) is 15.2. The van der Waals surface area contributed by atoms with E-state index in [9.17, 15) is 28.8 Å². The molecule has 3 aliphatic rings. The predicted octanol–water partition coefficient (Wildman–Crippen LogP) is 7.10. The van der Waals surface area contributed by atoms with Crippen molar-refractivity contribution in [2.75, 3.05) is 53.4 Å². The van der Waals surface area contributed by atoms with Crippen molar-refractivity contribution >= 4 is 57.5 Å². The monoisotopic (exact) mass is 1060 g/mol. The molecule has 4 aromatic carbocycles. The summed E-state index contributed by atoms with van der Waals surface area (Å²) in [6.07, 6.45) is 9.36. The number of nitrogens with zero attached hydrogens (tertiary/aromatic N) is 6. The summed E-state index contributed by atoms with van der Waals surface area (Å²) in [5.41, 5.74) is 12.8. The van der Waals surface area contributed by atoms with Gasteiger partial charge in [0.15, 0.2) is 0 Å². The first-order chi connectivity index (χ1) is 38.0. The van der Waals surface area contributed by atoms with E-state index in [2.05, 4.69) is 73.0 Å². The second kappa shape index (κ2) is 28.8. The Hall–Kier alpha value is -7.44. The van der Waals surface area contributed by atoms with Crippen LogP contribution in [0.1, 0.15) is 110 Å². The first kappa shape index (κ1) is 58.2. The van der Waals surface area contributed by atoms with Gasteiger partial charge in [0.25, 0.3) is 0 Å². The van der Waals surface area contributed by atoms with E-state index >= 15 is 0 Å². The highest BCUT2D eigenvalue weighted by Crippen LogP contribution is 2.39. The number of para-hydroxylation sites is 2. The molecule has 7 N–H and O–H groups in total. The van der Waals surface area contributed by atoms with Gasteiger partial charge in [-0.25, -0.2) is 9.97 Å². The molecule has 9 rings (SSSR count). The molecule has 0 spiro atoms. The van der Waals surface area contributed by atoms with Crippen molar-refractivity contribution in [3.8, 4) is 22.3 Å². The molecule has 0 aliphatic carbocycles. The molecule has 18 nitrogen and oxygen atoms in total. The number of aromatic amines is 2. The van der Waals surface area contributed by atoms with Gasteiger partial charge in [-0.15, -0.1) is 0 Å². The highest BCUT2D eigenvalue weighted by Gasteiger charge is 2.44. The van der Waals surface area contributed by atoms with Crippen LogP contribution in [0.3, 0.4) is 0 Å². The van der Waals surface area contributed by atoms with Crippen LogP contribution in [0.5, 0.6) is 0 Å². The van der Waals surface area contributed by atoms with Gasteiger partial charge in [-0.3, -0.25) is 28.8 Å². The Morgan fingerprint density at radius 1 is 0.756 bits per heavy atom. The number of fused-ring (bicyclic) bond motifs is 3. The molecular formula is C60H80N12O6. The number of carbonyl (C=O) groups is 6. The fourth-order valence-corrected chi connectivity index (χ4v) is 10.8. The Morgan fingerprint density at radius 2 is 1.40 bits per heavy atom. The van der Waals surface area contributed by atoms with Crippen molar-refractivity contribution in [2.45, 2.75) is 128 Å². The zero-order valence-electron chi connectivity index (χ0n) is 46.1. The van der Waals surface area contributed by atoms with E-state index in [0.717, 1.165) is 71.1 Å². The van der Waals surface area contributed by atoms with E-state index in [1.807, 2.05) is 72.5 Å². The van der Waals surface area contributed by atoms with Gasteiger partial charge in [0.1, 0.15) is 17.9 Å². The van der Waals surface area contributed by atoms with Gasteiger partial charge in [-0.2, -0.15) is 0 Å². The number of unbranched alkanes of at least 4 members (excludes halogenated alkanes) is 3. The lowest BCUT2D eigenvalue weighted by atomic mass is 10.0. The van der Waals surface area contributed by atoms with Crippen LogP contribution >= 0.6 is 0 Å². The summed E-state index contributed by atoms with van der Waals surface area (Å²) in [6, 6.07) is 30.0. The SMILES string of the molecule is CCC(=O)N[C@@H](CN(CC)C(=O)CCCCCCC(=O)N1CCC2CCC(c3nc4c(-c5ccccc5)cccc4[nH]3)N2C(=O)C(NC(=O)C(C)NC)C1)C(=O)N1CCCC1.CN.c1ccc(-c2cccc3[nH]cnc23)cc1. The summed E-state index contributed by atoms with van der Waals surface area (Å²) in [5, 5.41) is 8.76. The summed E-state index contributed by atoms with van der Waals surface area (Å²) in [6.45, 7) is 7.82. The minimum Gasteiger partial charge on any atom is -0.345 e. The number of aromatic nitrogens is 4. The highest BCUT2D eigenvalue weighted by molar-refractivity contribution is 5.94. The van der Waals surface area contributed by atoms with Gasteiger partial charge < -0.3 is 51.3 Å². The smallest absolute Gasteiger partial charge is 0.247 e. The molecule has 416 valence electrons. The van der Waals surface area contributed by atoms with Crippen molar-refractivity contribution in [2.24, 2.45) is 5.73 Å². The van der Waals surface area contributed by atoms with Crippen molar-refractivity contribution in [3.05, 3.63) is 109 Å². The summed E-state index contributed by atoms with van der Waals surface area (Å²) >= 11 is 0. The Labute approximate surface area is 458 Å². The summed E-state index contributed by atoms with van der Waals surface area (Å²) < 4.78 is 0. The summed E-state index contributed by atoms with van der Waals surface area (Å²) in [5.74, 6) is -0.270. The van der Waals surface area contributed by atoms with Crippen molar-refractivity contribution < 1.29 is 28.8 Å². The highest BCUT2D eigenvalue weighted by atomic mass is 16.2. The zero-order chi connectivity index (χ0) is 55.6. The first-order valence-corrected chi connectivity index (χ1v) is 28.0. The van der Waals surface area contributed by atoms with Gasteiger partial charge in [0.05, 0.1) is 40.5 Å². The van der Waals surface area contributed by atoms with Crippen LogP contribution in [-0.4, -0.2) is 153 Å². The largest absolute Gasteiger partial charge is 0.345 e. The Kier molecular flexibility index (Phi) is 21.5. The molecular weight excluding hydrogens is 985 g/mol. The number of likely N-dealkylation sites (N-methyl/N-ethyl adjacent to an activating group) is 2. The van der Waals surface area contributed by atoms with Gasteiger partial charge >= 0.3 is 0 Å². The fourth-order valence-electron chi connectivity index (χ4n) is 10.8. The zero-order valence-corrected chi connectivity index (χ0v) is 46.1. The standard InChI is InChI=1S/C46H65N9O6.C13H10N2.CH5N/c1-5-39(56)48-36(45(60)53-26-14-15-27-53)29-52(6-2)40(57)21-12-7-8-13-22-41(58)54-28-25-33-23-24-38(55(33)46(61)37(30-54)50-44(59)31(3)47-4)43-49-35-20-16-19-34(42(35)51-43)32-17-10-9-11-18-32;1-2-5-10(6-3-1)11-7-4-8-12-13(11)15-9-14-12;1-2/h9-11,16-20,31,33,36-38,47H,5-8,12-15,21-30H2,1-4H3,(H,48,56)(H,49,51)(H,50,59);1-9H,(H,14,15);2H2,1H3/t31?,33?,36-,37?,38?;;/m0../s1. The second-order valence-corrected chi connectivity index (χ2v) is 20.2. The molecule has 5 heterocycles. The van der Waals surface area contributed by atoms with E-state index in [1.54, 1.807) is 41.9 Å². The van der Waals surface area contributed by atoms with Gasteiger partial charge in [0, 0.05) is 75.7 Å². The maximum Gasteiger partial charge on any atom is 0.247 e. The molecule has 18 heteroatoms. The van der Waals surface area contributed by atoms with Gasteiger partial charge in [0.2, 0.25) is 35.4 Å². The van der Waals surface area contributed by atoms with E-state index in [-0.39, 0.29) is 67.0 Å². The topological polar surface area (TPSA) is 235 Å². The number of nitrogens with one attached hydrogen (secondary N) is 5. The number of carbonyl (C=O) groups excluding carboxylic acids is 6. The van der Waals surface area contributed by atoms with E-state index in [0.29, 0.717) is 64.7 Å². The predicted molar refractivity (Wildman–Crippen MR) is 305 cm³/mol. The third kappa shape index (κ3) is 14.6. The van der Waals surface area contributed by atoms with Crippen molar-refractivity contribution in [1.29, 1.82) is 0 Å². The number of rotatable bonds is 19. The lowest BCUT2D eigenvalue weighted by Crippen LogP contribution is -2.60. The molecule has 3 fully saturated rings. The Bertz CT molecular complexity index is 2920. The maximum atomic E-state index is 14.6. The van der Waals surface area contributed by atoms with E-state index in [4.69, 9.17) is 4.98 Å². The molecule has 0 bridgehead atoms. The number of H-pyrrole nitrogens is 2. The normalized spacial score (nSPS) is 17.9. The van der Waals surface area contributed by atoms with Gasteiger partial charge in [-0.1, -0.05) is 105 Å². The fraction of sp³-hybridized carbons (Fsp3) is 0.467. The molecule has 4 unspecified atom stereocenters. The average molecular weight is 1070 g/mol. The lowest BCUT2D eigenvalue weighted by Gasteiger charge is -2.39. The van der Waals surface area contributed by atoms with Crippen molar-refractivity contribution in [3.63, 3.8) is 0 Å². The molecule has 0 saturated carbocycles. The molecule has 3 saturated heterocycles. The number of hydrogen-bond acceptors (Lipinski definition) is 10. The minimum atomic E-state index is -0.923. The number of hydrogen-bond donors (Lipinski definition) is 6. The van der Waals surface area contributed by atoms with E-state index in [1.165, 1.54) is 18.2 Å². The van der Waals surface area contributed by atoms with Crippen LogP contribution in [0.15, 0.2) is 103 Å². The van der Waals surface area contributed by atoms with Crippen molar-refractivity contribution in [1.82, 2.24) is 55.5 Å². The van der Waals surface area contributed by atoms with Gasteiger partial charge in [-0.05, 0) is 96.1 Å². The number of imidazole rings is 2. The maximum absolute atomic E-state index is 14.6. The number of likely N-dealkylation sites (tertiary alicyclic amines) is 1. The molecule has 0 radical (unpaired) electrons. The van der Waals surface area contributed by atoms with Crippen LogP contribution < -0.4 is 21.7 Å². The minimum absolute atomic E-state index is 0.0569. The van der Waals surface area contributed by atoms with E-state index < -0.39 is 18.1 Å². The average Bonchev–Trinajstić information content (AvgIpc) is 4.36. The molecule has 5 atom stereocenters. The molecule has 6 amide bonds. The Balaban J connectivity index is 0.000000437. The van der Waals surface area contributed by atoms with Crippen LogP contribution in [0.4, 0.5) is 0 Å². The second-order valence-electron chi connectivity index (χ2n) is 20.2. The molecule has 2 aromatic heterocycles. The quantitative estimate of drug-likeness (QED) is 0.0451. The summed E-state index contributed by atoms with van der Waals surface area (Å²) in [7, 11) is 3.19. The van der Waals surface area contributed by atoms with Crippen LogP contribution in [0.2, 0.25) is 0 Å².